The van der Waals surface area contributed by atoms with E-state index in [1.54, 1.807) is 4.90 Å². The van der Waals surface area contributed by atoms with Crippen molar-refractivity contribution in [2.45, 2.75) is 48.3 Å². The predicted octanol–water partition coefficient (Wildman–Crippen LogP) is 1.72. The molecule has 7 nitrogen and oxygen atoms in total. The Morgan fingerprint density at radius 2 is 1.77 bits per heavy atom. The molecule has 0 radical (unpaired) electrons. The quantitative estimate of drug-likeness (QED) is 0.737. The van der Waals surface area contributed by atoms with E-state index in [0.717, 1.165) is 43.7 Å². The van der Waals surface area contributed by atoms with Gasteiger partial charge >= 0.3 is 0 Å². The van der Waals surface area contributed by atoms with Crippen LogP contribution in [0.3, 0.4) is 0 Å². The third-order valence-corrected chi connectivity index (χ3v) is 7.44. The van der Waals surface area contributed by atoms with E-state index in [-0.39, 0.29) is 30.3 Å². The number of carbonyl (C=O) groups excluding carboxylic acids is 3. The van der Waals surface area contributed by atoms with Gasteiger partial charge in [-0.15, -0.1) is 11.8 Å². The van der Waals surface area contributed by atoms with E-state index < -0.39 is 5.25 Å². The van der Waals surface area contributed by atoms with E-state index in [2.05, 4.69) is 10.2 Å². The fraction of sp³-hybridized carbons (Fsp3) is 0.591. The highest BCUT2D eigenvalue weighted by Crippen LogP contribution is 2.39. The smallest absolute Gasteiger partial charge is 0.250 e. The van der Waals surface area contributed by atoms with E-state index in [1.807, 2.05) is 31.3 Å². The molecule has 2 heterocycles. The van der Waals surface area contributed by atoms with E-state index in [4.69, 9.17) is 0 Å². The predicted molar refractivity (Wildman–Crippen MR) is 118 cm³/mol. The number of rotatable bonds is 4. The maximum Gasteiger partial charge on any atom is 0.250 e. The summed E-state index contributed by atoms with van der Waals surface area (Å²) in [7, 11) is 2.03. The summed E-state index contributed by atoms with van der Waals surface area (Å²) in [6, 6.07) is 7.73. The lowest BCUT2D eigenvalue weighted by atomic mass is 9.95. The molecule has 0 bridgehead atoms. The van der Waals surface area contributed by atoms with Gasteiger partial charge in [0.2, 0.25) is 11.8 Å². The fourth-order valence-corrected chi connectivity index (χ4v) is 5.58. The van der Waals surface area contributed by atoms with Gasteiger partial charge in [-0.1, -0.05) is 31.4 Å². The second-order valence-corrected chi connectivity index (χ2v) is 9.57. The van der Waals surface area contributed by atoms with Crippen molar-refractivity contribution in [2.24, 2.45) is 0 Å². The summed E-state index contributed by atoms with van der Waals surface area (Å²) in [5, 5.41) is 2.26. The van der Waals surface area contributed by atoms with Crippen molar-refractivity contribution < 1.29 is 14.4 Å². The van der Waals surface area contributed by atoms with Crippen molar-refractivity contribution in [1.29, 1.82) is 0 Å². The van der Waals surface area contributed by atoms with Gasteiger partial charge in [0.05, 0.1) is 5.69 Å². The number of fused-ring (bicyclic) bond motifs is 1. The molecule has 162 valence electrons. The number of anilines is 1. The van der Waals surface area contributed by atoms with Gasteiger partial charge in [0, 0.05) is 37.1 Å². The molecule has 8 heteroatoms. The fourth-order valence-electron chi connectivity index (χ4n) is 4.39. The van der Waals surface area contributed by atoms with Gasteiger partial charge in [0.1, 0.15) is 6.54 Å². The molecular weight excluding hydrogens is 400 g/mol. The molecule has 1 aromatic rings. The Balaban J connectivity index is 1.49. The number of thioether (sulfide) groups is 1. The number of likely N-dealkylation sites (N-methyl/N-ethyl adjacent to an activating group) is 1. The number of hydrogen-bond donors (Lipinski definition) is 1. The van der Waals surface area contributed by atoms with Crippen molar-refractivity contribution in [3.05, 3.63) is 24.3 Å². The third-order valence-electron chi connectivity index (χ3n) is 6.20. The van der Waals surface area contributed by atoms with Gasteiger partial charge in [-0.05, 0) is 32.0 Å². The first-order chi connectivity index (χ1) is 14.5. The van der Waals surface area contributed by atoms with Crippen LogP contribution in [0.5, 0.6) is 0 Å². The number of nitrogens with one attached hydrogen (secondary N) is 1. The van der Waals surface area contributed by atoms with E-state index in [9.17, 15) is 14.4 Å². The van der Waals surface area contributed by atoms with Crippen LogP contribution in [0.25, 0.3) is 0 Å². The second kappa shape index (κ2) is 9.39. The van der Waals surface area contributed by atoms with E-state index in [1.165, 1.54) is 23.1 Å². The van der Waals surface area contributed by atoms with Crippen LogP contribution in [0.2, 0.25) is 0 Å². The van der Waals surface area contributed by atoms with Crippen LogP contribution in [0, 0.1) is 0 Å². The summed E-state index contributed by atoms with van der Waals surface area (Å²) in [4.78, 5) is 45.6. The molecule has 0 aromatic heterocycles. The highest BCUT2D eigenvalue weighted by Gasteiger charge is 2.41. The average Bonchev–Trinajstić information content (AvgIpc) is 2.76. The van der Waals surface area contributed by atoms with E-state index in [0.29, 0.717) is 18.8 Å². The molecule has 1 unspecified atom stereocenters. The molecule has 30 heavy (non-hydrogen) atoms. The second-order valence-electron chi connectivity index (χ2n) is 8.42. The molecule has 3 amide bonds. The molecule has 4 rings (SSSR count). The summed E-state index contributed by atoms with van der Waals surface area (Å²) >= 11 is 1.31. The van der Waals surface area contributed by atoms with Gasteiger partial charge in [0.15, 0.2) is 5.25 Å². The SMILES string of the molecule is CN1CCN(C(=O)C2Sc3ccccc3N(CC(=O)NC3CCCCC3)C2=O)CC1. The van der Waals surface area contributed by atoms with Gasteiger partial charge < -0.3 is 20.0 Å². The summed E-state index contributed by atoms with van der Waals surface area (Å²) in [5.74, 6) is -0.588. The van der Waals surface area contributed by atoms with Crippen molar-refractivity contribution in [2.75, 3.05) is 44.7 Å². The highest BCUT2D eigenvalue weighted by molar-refractivity contribution is 8.01. The number of nitrogens with zero attached hydrogens (tertiary/aromatic N) is 3. The molecule has 0 spiro atoms. The van der Waals surface area contributed by atoms with Crippen molar-refractivity contribution in [3.8, 4) is 0 Å². The molecule has 1 saturated heterocycles. The van der Waals surface area contributed by atoms with Crippen LogP contribution in [0.15, 0.2) is 29.2 Å². The highest BCUT2D eigenvalue weighted by atomic mass is 32.2. The van der Waals surface area contributed by atoms with E-state index >= 15 is 0 Å². The van der Waals surface area contributed by atoms with Crippen LogP contribution in [-0.2, 0) is 14.4 Å². The maximum absolute atomic E-state index is 13.3. The first kappa shape index (κ1) is 21.2. The minimum absolute atomic E-state index is 0.0422. The van der Waals surface area contributed by atoms with Crippen molar-refractivity contribution >= 4 is 35.2 Å². The van der Waals surface area contributed by atoms with Gasteiger partial charge in [-0.25, -0.2) is 0 Å². The zero-order valence-electron chi connectivity index (χ0n) is 17.5. The molecule has 1 N–H and O–H groups in total. The summed E-state index contributed by atoms with van der Waals surface area (Å²) < 4.78 is 0. The van der Waals surface area contributed by atoms with Crippen molar-refractivity contribution in [1.82, 2.24) is 15.1 Å². The van der Waals surface area contributed by atoms with Crippen LogP contribution in [-0.4, -0.2) is 78.6 Å². The molecule has 1 atom stereocenters. The van der Waals surface area contributed by atoms with Crippen LogP contribution >= 0.6 is 11.8 Å². The average molecular weight is 431 g/mol. The normalized spacial score (nSPS) is 23.2. The number of hydrogen-bond acceptors (Lipinski definition) is 5. The van der Waals surface area contributed by atoms with Crippen LogP contribution < -0.4 is 10.2 Å². The molecular formula is C22H30N4O3S. The molecule has 3 aliphatic rings. The number of amides is 3. The zero-order chi connectivity index (χ0) is 21.1. The lowest BCUT2D eigenvalue weighted by Gasteiger charge is -2.37. The summed E-state index contributed by atoms with van der Waals surface area (Å²) in [5.41, 5.74) is 0.716. The Bertz CT molecular complexity index is 803. The number of para-hydroxylation sites is 1. The molecule has 2 fully saturated rings. The first-order valence-corrected chi connectivity index (χ1v) is 11.7. The molecule has 1 aliphatic carbocycles. The van der Waals surface area contributed by atoms with Gasteiger partial charge in [0.25, 0.3) is 5.91 Å². The monoisotopic (exact) mass is 430 g/mol. The van der Waals surface area contributed by atoms with Crippen LogP contribution in [0.1, 0.15) is 32.1 Å². The Kier molecular flexibility index (Phi) is 6.63. The summed E-state index contributed by atoms with van der Waals surface area (Å²) in [6.45, 7) is 2.83. The third kappa shape index (κ3) is 4.64. The minimum Gasteiger partial charge on any atom is -0.352 e. The standard InChI is InChI=1S/C22H30N4O3S/c1-24-11-13-25(14-12-24)21(28)20-22(29)26(17-9-5-6-10-18(17)30-20)15-19(27)23-16-7-3-2-4-8-16/h5-6,9-10,16,20H,2-4,7-8,11-15H2,1H3,(H,23,27). The number of piperazine rings is 1. The Hall–Kier alpha value is -2.06. The minimum atomic E-state index is -0.828. The van der Waals surface area contributed by atoms with Crippen LogP contribution in [0.4, 0.5) is 5.69 Å². The molecule has 1 saturated carbocycles. The topological polar surface area (TPSA) is 73.0 Å². The van der Waals surface area contributed by atoms with Gasteiger partial charge in [-0.2, -0.15) is 0 Å². The Morgan fingerprint density at radius 3 is 2.50 bits per heavy atom. The molecule has 2 aliphatic heterocycles. The molecule has 1 aromatic carbocycles. The number of benzene rings is 1. The first-order valence-electron chi connectivity index (χ1n) is 10.9. The van der Waals surface area contributed by atoms with Gasteiger partial charge in [-0.3, -0.25) is 14.4 Å². The number of carbonyl (C=O) groups is 3. The maximum atomic E-state index is 13.3. The Labute approximate surface area is 182 Å². The largest absolute Gasteiger partial charge is 0.352 e. The lowest BCUT2D eigenvalue weighted by Crippen LogP contribution is -2.55. The Morgan fingerprint density at radius 1 is 1.07 bits per heavy atom. The summed E-state index contributed by atoms with van der Waals surface area (Å²) in [6.07, 6.45) is 5.48. The zero-order valence-corrected chi connectivity index (χ0v) is 18.3. The lowest BCUT2D eigenvalue weighted by molar-refractivity contribution is -0.136. The van der Waals surface area contributed by atoms with Crippen molar-refractivity contribution in [3.63, 3.8) is 0 Å².